The summed E-state index contributed by atoms with van der Waals surface area (Å²) in [5.74, 6) is 4.57. The predicted octanol–water partition coefficient (Wildman–Crippen LogP) is 3.05. The summed E-state index contributed by atoms with van der Waals surface area (Å²) in [7, 11) is 0. The summed E-state index contributed by atoms with van der Waals surface area (Å²) < 4.78 is 0. The van der Waals surface area contributed by atoms with Crippen molar-refractivity contribution in [3.05, 3.63) is 0 Å². The Labute approximate surface area is 110 Å². The molecule has 18 heavy (non-hydrogen) atoms. The summed E-state index contributed by atoms with van der Waals surface area (Å²) in [5.41, 5.74) is 0. The summed E-state index contributed by atoms with van der Waals surface area (Å²) in [6, 6.07) is 2.95. The Morgan fingerprint density at radius 3 is 1.94 bits per heavy atom. The van der Waals surface area contributed by atoms with Gasteiger partial charge >= 0.3 is 0 Å². The lowest BCUT2D eigenvalue weighted by atomic mass is 9.50. The average Bonchev–Trinajstić information content (AvgIpc) is 2.86. The molecule has 0 spiro atoms. The summed E-state index contributed by atoms with van der Waals surface area (Å²) in [6.07, 6.45) is 9.93. The second-order valence-corrected chi connectivity index (χ2v) is 7.33. The number of nitriles is 1. The van der Waals surface area contributed by atoms with E-state index in [2.05, 4.69) is 11.0 Å². The van der Waals surface area contributed by atoms with Gasteiger partial charge in [-0.3, -0.25) is 4.90 Å². The lowest BCUT2D eigenvalue weighted by Crippen LogP contribution is -2.53. The molecule has 1 atom stereocenters. The van der Waals surface area contributed by atoms with Crippen molar-refractivity contribution in [3.8, 4) is 6.07 Å². The number of likely N-dealkylation sites (tertiary alicyclic amines) is 1. The van der Waals surface area contributed by atoms with Crippen molar-refractivity contribution in [1.82, 2.24) is 4.90 Å². The van der Waals surface area contributed by atoms with Crippen molar-refractivity contribution in [1.29, 1.82) is 5.26 Å². The highest BCUT2D eigenvalue weighted by Crippen LogP contribution is 2.57. The zero-order valence-electron chi connectivity index (χ0n) is 11.2. The van der Waals surface area contributed by atoms with Gasteiger partial charge in [0.1, 0.15) is 6.04 Å². The molecule has 0 aromatic carbocycles. The Morgan fingerprint density at radius 2 is 1.44 bits per heavy atom. The fraction of sp³-hybridized carbons (Fsp3) is 0.938. The van der Waals surface area contributed by atoms with Gasteiger partial charge in [0.15, 0.2) is 0 Å². The molecule has 98 valence electrons. The van der Waals surface area contributed by atoms with Crippen LogP contribution in [0.1, 0.15) is 44.9 Å². The van der Waals surface area contributed by atoms with Gasteiger partial charge in [-0.15, -0.1) is 0 Å². The van der Waals surface area contributed by atoms with E-state index in [0.717, 1.165) is 29.6 Å². The molecular formula is C16H24N2. The van der Waals surface area contributed by atoms with E-state index in [-0.39, 0.29) is 6.04 Å². The van der Waals surface area contributed by atoms with E-state index < -0.39 is 0 Å². The third-order valence-corrected chi connectivity index (χ3v) is 6.33. The molecule has 5 aliphatic rings. The van der Waals surface area contributed by atoms with E-state index in [1.165, 1.54) is 58.0 Å². The first kappa shape index (κ1) is 11.3. The van der Waals surface area contributed by atoms with Gasteiger partial charge in [-0.05, 0) is 87.6 Å². The predicted molar refractivity (Wildman–Crippen MR) is 70.7 cm³/mol. The molecule has 1 aliphatic heterocycles. The normalized spacial score (nSPS) is 48.3. The maximum atomic E-state index is 9.68. The number of hydrogen-bond donors (Lipinski definition) is 0. The molecular weight excluding hydrogens is 220 g/mol. The summed E-state index contributed by atoms with van der Waals surface area (Å²) in [6.45, 7) is 2.36. The molecule has 1 saturated heterocycles. The standard InChI is InChI=1S/C16H24N2/c17-10-15(18-3-1-2-4-18)16-13-6-11-5-12(8-13)9-14(16)7-11/h11-16H,1-9H2. The molecule has 1 heterocycles. The van der Waals surface area contributed by atoms with Crippen LogP contribution in [-0.4, -0.2) is 24.0 Å². The second kappa shape index (κ2) is 4.23. The van der Waals surface area contributed by atoms with Crippen molar-refractivity contribution in [2.75, 3.05) is 13.1 Å². The molecule has 5 rings (SSSR count). The van der Waals surface area contributed by atoms with Gasteiger partial charge in [0, 0.05) is 0 Å². The minimum atomic E-state index is 0.252. The molecule has 4 saturated carbocycles. The molecule has 2 nitrogen and oxygen atoms in total. The van der Waals surface area contributed by atoms with Crippen LogP contribution in [0.25, 0.3) is 0 Å². The Bertz CT molecular complexity index is 336. The molecule has 2 heteroatoms. The van der Waals surface area contributed by atoms with Crippen LogP contribution < -0.4 is 0 Å². The highest BCUT2D eigenvalue weighted by atomic mass is 15.2. The minimum Gasteiger partial charge on any atom is -0.288 e. The summed E-state index contributed by atoms with van der Waals surface area (Å²) in [4.78, 5) is 2.51. The topological polar surface area (TPSA) is 27.0 Å². The zero-order valence-corrected chi connectivity index (χ0v) is 11.2. The highest BCUT2D eigenvalue weighted by molar-refractivity contribution is 5.08. The molecule has 0 amide bonds. The van der Waals surface area contributed by atoms with Crippen molar-refractivity contribution >= 4 is 0 Å². The van der Waals surface area contributed by atoms with Crippen LogP contribution in [0.2, 0.25) is 0 Å². The van der Waals surface area contributed by atoms with Gasteiger partial charge in [0.25, 0.3) is 0 Å². The van der Waals surface area contributed by atoms with E-state index in [1.807, 2.05) is 0 Å². The summed E-state index contributed by atoms with van der Waals surface area (Å²) >= 11 is 0. The first-order chi connectivity index (χ1) is 8.85. The van der Waals surface area contributed by atoms with Gasteiger partial charge in [-0.25, -0.2) is 0 Å². The van der Waals surface area contributed by atoms with Crippen LogP contribution in [0.15, 0.2) is 0 Å². The van der Waals surface area contributed by atoms with Gasteiger partial charge in [0.2, 0.25) is 0 Å². The van der Waals surface area contributed by atoms with Crippen LogP contribution in [0.3, 0.4) is 0 Å². The lowest BCUT2D eigenvalue weighted by Gasteiger charge is -2.56. The van der Waals surface area contributed by atoms with Crippen molar-refractivity contribution in [2.24, 2.45) is 29.6 Å². The minimum absolute atomic E-state index is 0.252. The molecule has 5 fully saturated rings. The maximum absolute atomic E-state index is 9.68. The van der Waals surface area contributed by atoms with Crippen LogP contribution in [-0.2, 0) is 0 Å². The van der Waals surface area contributed by atoms with Crippen molar-refractivity contribution < 1.29 is 0 Å². The second-order valence-electron chi connectivity index (χ2n) is 7.33. The fourth-order valence-corrected chi connectivity index (χ4v) is 5.91. The average molecular weight is 244 g/mol. The fourth-order valence-electron chi connectivity index (χ4n) is 5.91. The van der Waals surface area contributed by atoms with Gasteiger partial charge < -0.3 is 0 Å². The molecule has 0 radical (unpaired) electrons. The number of hydrogen-bond acceptors (Lipinski definition) is 2. The first-order valence-electron chi connectivity index (χ1n) is 7.99. The number of nitrogens with zero attached hydrogens (tertiary/aromatic N) is 2. The Hall–Kier alpha value is -0.550. The lowest BCUT2D eigenvalue weighted by molar-refractivity contribution is -0.0599. The first-order valence-corrected chi connectivity index (χ1v) is 7.99. The SMILES string of the molecule is N#CC(C1C2CC3CC(C2)CC1C3)N1CCCC1. The maximum Gasteiger partial charge on any atom is 0.101 e. The Kier molecular flexibility index (Phi) is 2.66. The monoisotopic (exact) mass is 244 g/mol. The van der Waals surface area contributed by atoms with E-state index in [1.54, 1.807) is 0 Å². The van der Waals surface area contributed by atoms with Crippen LogP contribution in [0.5, 0.6) is 0 Å². The van der Waals surface area contributed by atoms with Gasteiger partial charge in [-0.2, -0.15) is 5.26 Å². The van der Waals surface area contributed by atoms with Gasteiger partial charge in [-0.1, -0.05) is 0 Å². The molecule has 4 aliphatic carbocycles. The molecule has 1 unspecified atom stereocenters. The largest absolute Gasteiger partial charge is 0.288 e. The number of rotatable bonds is 2. The van der Waals surface area contributed by atoms with Gasteiger partial charge in [0.05, 0.1) is 6.07 Å². The third-order valence-electron chi connectivity index (χ3n) is 6.33. The van der Waals surface area contributed by atoms with Crippen molar-refractivity contribution in [3.63, 3.8) is 0 Å². The van der Waals surface area contributed by atoms with Crippen molar-refractivity contribution in [2.45, 2.75) is 51.0 Å². The van der Waals surface area contributed by atoms with E-state index in [0.29, 0.717) is 0 Å². The molecule has 4 bridgehead atoms. The summed E-state index contributed by atoms with van der Waals surface area (Å²) in [5, 5.41) is 9.68. The van der Waals surface area contributed by atoms with Crippen LogP contribution in [0.4, 0.5) is 0 Å². The Morgan fingerprint density at radius 1 is 0.889 bits per heavy atom. The third kappa shape index (κ3) is 1.63. The molecule has 0 N–H and O–H groups in total. The van der Waals surface area contributed by atoms with E-state index in [9.17, 15) is 5.26 Å². The quantitative estimate of drug-likeness (QED) is 0.746. The molecule has 0 aromatic heterocycles. The smallest absolute Gasteiger partial charge is 0.101 e. The zero-order chi connectivity index (χ0) is 12.1. The highest BCUT2D eigenvalue weighted by Gasteiger charge is 2.51. The van der Waals surface area contributed by atoms with Crippen LogP contribution in [0, 0.1) is 40.9 Å². The van der Waals surface area contributed by atoms with Crippen LogP contribution >= 0.6 is 0 Å². The Balaban J connectivity index is 1.58. The van der Waals surface area contributed by atoms with E-state index >= 15 is 0 Å². The molecule has 0 aromatic rings. The van der Waals surface area contributed by atoms with E-state index in [4.69, 9.17) is 0 Å².